The largest absolute Gasteiger partial charge is 0.366 e. The van der Waals surface area contributed by atoms with Crippen molar-refractivity contribution in [3.05, 3.63) is 94.5 Å². The lowest BCUT2D eigenvalue weighted by Gasteiger charge is -2.39. The monoisotopic (exact) mass is 649 g/mol. The second-order valence-corrected chi connectivity index (χ2v) is 14.7. The molecule has 2 N–H and O–H groups in total. The zero-order valence-electron chi connectivity index (χ0n) is 25.5. The zero-order valence-corrected chi connectivity index (χ0v) is 27.1. The number of halogens is 1. The molecule has 0 bridgehead atoms. The second-order valence-electron chi connectivity index (χ2n) is 12.3. The Bertz CT molecular complexity index is 1640. The molecule has 2 heterocycles. The van der Waals surface area contributed by atoms with Crippen LogP contribution in [0, 0.1) is 5.92 Å². The predicted octanol–water partition coefficient (Wildman–Crippen LogP) is 3.61. The number of carbonyl (C=O) groups is 2. The van der Waals surface area contributed by atoms with Gasteiger partial charge in [-0.1, -0.05) is 60.1 Å². The topological polar surface area (TPSA) is 102 Å². The molecule has 1 saturated heterocycles. The molecule has 0 aromatic heterocycles. The molecule has 2 fully saturated rings. The molecule has 238 valence electrons. The first-order valence-corrected chi connectivity index (χ1v) is 17.8. The number of anilines is 2. The molecule has 45 heavy (non-hydrogen) atoms. The summed E-state index contributed by atoms with van der Waals surface area (Å²) in [5.41, 5.74) is 4.76. The van der Waals surface area contributed by atoms with Crippen LogP contribution in [0.2, 0.25) is 5.02 Å². The summed E-state index contributed by atoms with van der Waals surface area (Å²) in [5, 5.41) is 7.01. The van der Waals surface area contributed by atoms with Crippen molar-refractivity contribution < 1.29 is 18.0 Å². The van der Waals surface area contributed by atoms with Gasteiger partial charge < -0.3 is 20.4 Å². The van der Waals surface area contributed by atoms with E-state index in [2.05, 4.69) is 21.6 Å². The smallest absolute Gasteiger partial charge is 0.245 e. The van der Waals surface area contributed by atoms with Crippen LogP contribution in [0.15, 0.2) is 72.8 Å². The quantitative estimate of drug-likeness (QED) is 0.348. The third-order valence-corrected chi connectivity index (χ3v) is 10.4. The Balaban J connectivity index is 1.16. The van der Waals surface area contributed by atoms with Crippen LogP contribution in [0.1, 0.15) is 29.5 Å². The average molecular weight is 650 g/mol. The van der Waals surface area contributed by atoms with E-state index in [-0.39, 0.29) is 11.8 Å². The minimum absolute atomic E-state index is 0.131. The standard InChI is InChI=1S/C34H40ClN5O4S/c1-45(43,44)40(23-25-10-11-25)32-9-5-4-8-31(32)38-16-18-39(19-17-38)34(42)30(20-24-12-14-28(35)15-13-24)37-33(41)29-21-26-6-2-3-7-27(26)22-36-29/h2-9,12-15,25,29-30,36H,10-11,16-23H2,1H3,(H,37,41)/t29?,30-/m1/s1. The molecule has 1 aliphatic carbocycles. The van der Waals surface area contributed by atoms with Crippen LogP contribution >= 0.6 is 11.6 Å². The van der Waals surface area contributed by atoms with Crippen molar-refractivity contribution >= 4 is 44.8 Å². The van der Waals surface area contributed by atoms with Crippen molar-refractivity contribution in [2.45, 2.75) is 44.3 Å². The Labute approximate surface area is 270 Å². The summed E-state index contributed by atoms with van der Waals surface area (Å²) in [6, 6.07) is 21.9. The number of amides is 2. The molecule has 6 rings (SSSR count). The second kappa shape index (κ2) is 13.4. The summed E-state index contributed by atoms with van der Waals surface area (Å²) in [5.74, 6) is 0.0726. The highest BCUT2D eigenvalue weighted by molar-refractivity contribution is 7.92. The number of nitrogens with zero attached hydrogens (tertiary/aromatic N) is 3. The highest BCUT2D eigenvalue weighted by Gasteiger charge is 2.34. The van der Waals surface area contributed by atoms with E-state index in [1.54, 1.807) is 12.1 Å². The fraction of sp³-hybridized carbons (Fsp3) is 0.412. The lowest BCUT2D eigenvalue weighted by Crippen LogP contribution is -2.58. The SMILES string of the molecule is CS(=O)(=O)N(CC1CC1)c1ccccc1N1CCN(C(=O)[C@@H](Cc2ccc(Cl)cc2)NC(=O)C2Cc3ccccc3CN2)CC1. The van der Waals surface area contributed by atoms with Gasteiger partial charge >= 0.3 is 0 Å². The number of hydrogen-bond donors (Lipinski definition) is 2. The van der Waals surface area contributed by atoms with E-state index in [0.717, 1.165) is 29.7 Å². The molecular weight excluding hydrogens is 610 g/mol. The van der Waals surface area contributed by atoms with Crippen molar-refractivity contribution in [3.63, 3.8) is 0 Å². The maximum atomic E-state index is 14.0. The van der Waals surface area contributed by atoms with Gasteiger partial charge in [-0.15, -0.1) is 0 Å². The van der Waals surface area contributed by atoms with Crippen LogP contribution in [0.3, 0.4) is 0 Å². The first-order chi connectivity index (χ1) is 21.7. The van der Waals surface area contributed by atoms with E-state index in [1.165, 1.54) is 16.1 Å². The van der Waals surface area contributed by atoms with Gasteiger partial charge in [0.25, 0.3) is 0 Å². The Morgan fingerprint density at radius 2 is 1.62 bits per heavy atom. The first-order valence-electron chi connectivity index (χ1n) is 15.6. The van der Waals surface area contributed by atoms with E-state index in [4.69, 9.17) is 11.6 Å². The number of carbonyl (C=O) groups excluding carboxylic acids is 2. The molecule has 0 radical (unpaired) electrons. The summed E-state index contributed by atoms with van der Waals surface area (Å²) >= 11 is 6.11. The molecule has 2 atom stereocenters. The van der Waals surface area contributed by atoms with Crippen LogP contribution in [0.25, 0.3) is 0 Å². The summed E-state index contributed by atoms with van der Waals surface area (Å²) in [4.78, 5) is 31.5. The van der Waals surface area contributed by atoms with Gasteiger partial charge in [0, 0.05) is 50.7 Å². The molecule has 9 nitrogen and oxygen atoms in total. The number of hydrogen-bond acceptors (Lipinski definition) is 6. The highest BCUT2D eigenvalue weighted by atomic mass is 35.5. The van der Waals surface area contributed by atoms with Crippen LogP contribution in [-0.4, -0.2) is 76.2 Å². The fourth-order valence-electron chi connectivity index (χ4n) is 6.25. The van der Waals surface area contributed by atoms with Crippen LogP contribution in [0.5, 0.6) is 0 Å². The molecule has 0 spiro atoms. The van der Waals surface area contributed by atoms with E-state index in [1.807, 2.05) is 59.5 Å². The van der Waals surface area contributed by atoms with Crippen LogP contribution in [0.4, 0.5) is 11.4 Å². The number of para-hydroxylation sites is 2. The molecule has 2 aliphatic heterocycles. The number of nitrogens with one attached hydrogen (secondary N) is 2. The lowest BCUT2D eigenvalue weighted by molar-refractivity contribution is -0.137. The van der Waals surface area contributed by atoms with Gasteiger partial charge in [0.05, 0.1) is 23.7 Å². The summed E-state index contributed by atoms with van der Waals surface area (Å²) in [6.07, 6.45) is 4.27. The Morgan fingerprint density at radius 1 is 0.956 bits per heavy atom. The Kier molecular flexibility index (Phi) is 9.35. The molecule has 3 aliphatic rings. The molecular formula is C34H40ClN5O4S. The number of fused-ring (bicyclic) bond motifs is 1. The normalized spacial score (nSPS) is 19.0. The van der Waals surface area contributed by atoms with E-state index in [9.17, 15) is 18.0 Å². The van der Waals surface area contributed by atoms with E-state index < -0.39 is 22.1 Å². The molecule has 1 unspecified atom stereocenters. The van der Waals surface area contributed by atoms with E-state index in [0.29, 0.717) is 68.7 Å². The third kappa shape index (κ3) is 7.62. The molecule has 1 saturated carbocycles. The average Bonchev–Trinajstić information content (AvgIpc) is 3.88. The Morgan fingerprint density at radius 3 is 2.31 bits per heavy atom. The van der Waals surface area contributed by atoms with Crippen molar-refractivity contribution in [2.75, 3.05) is 48.2 Å². The Hall–Kier alpha value is -3.60. The number of rotatable bonds is 10. The van der Waals surface area contributed by atoms with Crippen molar-refractivity contribution in [1.82, 2.24) is 15.5 Å². The number of piperazine rings is 1. The lowest BCUT2D eigenvalue weighted by atomic mass is 9.95. The van der Waals surface area contributed by atoms with Gasteiger partial charge in [0.2, 0.25) is 21.8 Å². The summed E-state index contributed by atoms with van der Waals surface area (Å²) in [7, 11) is -3.45. The predicted molar refractivity (Wildman–Crippen MR) is 178 cm³/mol. The van der Waals surface area contributed by atoms with Gasteiger partial charge in [0.15, 0.2) is 0 Å². The van der Waals surface area contributed by atoms with Gasteiger partial charge in [-0.3, -0.25) is 13.9 Å². The minimum atomic E-state index is -3.45. The molecule has 2 amide bonds. The molecule has 11 heteroatoms. The fourth-order valence-corrected chi connectivity index (χ4v) is 7.37. The van der Waals surface area contributed by atoms with Crippen molar-refractivity contribution in [3.8, 4) is 0 Å². The van der Waals surface area contributed by atoms with Crippen molar-refractivity contribution in [2.24, 2.45) is 5.92 Å². The maximum Gasteiger partial charge on any atom is 0.245 e. The van der Waals surface area contributed by atoms with Crippen LogP contribution < -0.4 is 19.8 Å². The number of sulfonamides is 1. The van der Waals surface area contributed by atoms with Gasteiger partial charge in [-0.25, -0.2) is 8.42 Å². The van der Waals surface area contributed by atoms with Crippen molar-refractivity contribution in [1.29, 1.82) is 0 Å². The summed E-state index contributed by atoms with van der Waals surface area (Å²) in [6.45, 7) is 3.10. The zero-order chi connectivity index (χ0) is 31.6. The van der Waals surface area contributed by atoms with E-state index >= 15 is 0 Å². The maximum absolute atomic E-state index is 14.0. The number of benzene rings is 3. The third-order valence-electron chi connectivity index (χ3n) is 8.97. The minimum Gasteiger partial charge on any atom is -0.366 e. The first kappa shape index (κ1) is 31.4. The van der Waals surface area contributed by atoms with Crippen LogP contribution in [-0.2, 0) is 39.0 Å². The van der Waals surface area contributed by atoms with Gasteiger partial charge in [0.1, 0.15) is 6.04 Å². The summed E-state index contributed by atoms with van der Waals surface area (Å²) < 4.78 is 27.1. The highest BCUT2D eigenvalue weighted by Crippen LogP contribution is 2.37. The van der Waals surface area contributed by atoms with Gasteiger partial charge in [-0.2, -0.15) is 0 Å². The molecule has 3 aromatic rings. The van der Waals surface area contributed by atoms with Gasteiger partial charge in [-0.05, 0) is 66.1 Å². The molecule has 3 aromatic carbocycles.